The molecule has 3 aromatic heterocycles. The van der Waals surface area contributed by atoms with Crippen molar-refractivity contribution < 1.29 is 13.9 Å². The van der Waals surface area contributed by atoms with Crippen LogP contribution in [0.4, 0.5) is 0 Å². The van der Waals surface area contributed by atoms with Gasteiger partial charge in [0.05, 0.1) is 18.5 Å². The van der Waals surface area contributed by atoms with Crippen LogP contribution in [0.1, 0.15) is 27.4 Å². The van der Waals surface area contributed by atoms with Gasteiger partial charge in [-0.15, -0.1) is 11.3 Å². The molecule has 0 spiro atoms. The third-order valence-electron chi connectivity index (χ3n) is 4.59. The lowest BCUT2D eigenvalue weighted by Gasteiger charge is -2.06. The quantitative estimate of drug-likeness (QED) is 0.478. The maximum atomic E-state index is 12.5. The van der Waals surface area contributed by atoms with Gasteiger partial charge in [0.15, 0.2) is 11.3 Å². The average molecular weight is 424 g/mol. The lowest BCUT2D eigenvalue weighted by Crippen LogP contribution is -2.30. The van der Waals surface area contributed by atoms with Crippen molar-refractivity contribution in [3.05, 3.63) is 68.8 Å². The number of rotatable bonds is 6. The molecule has 4 rings (SSSR count). The smallest absolute Gasteiger partial charge is 0.349 e. The SMILES string of the molecule is COc1cccc2cc(C(=O)NCCc3csc(-n4nc(C)cc4C)n3)c(=O)oc12. The van der Waals surface area contributed by atoms with Gasteiger partial charge >= 0.3 is 5.63 Å². The van der Waals surface area contributed by atoms with Crippen LogP contribution in [0.5, 0.6) is 5.75 Å². The van der Waals surface area contributed by atoms with Crippen molar-refractivity contribution in [2.24, 2.45) is 0 Å². The van der Waals surface area contributed by atoms with Crippen LogP contribution in [-0.4, -0.2) is 34.3 Å². The monoisotopic (exact) mass is 424 g/mol. The van der Waals surface area contributed by atoms with E-state index in [2.05, 4.69) is 15.4 Å². The lowest BCUT2D eigenvalue weighted by atomic mass is 10.1. The highest BCUT2D eigenvalue weighted by molar-refractivity contribution is 7.12. The zero-order chi connectivity index (χ0) is 21.3. The first-order chi connectivity index (χ1) is 14.5. The number of para-hydroxylation sites is 1. The maximum Gasteiger partial charge on any atom is 0.349 e. The van der Waals surface area contributed by atoms with Gasteiger partial charge in [0.2, 0.25) is 5.13 Å². The molecule has 0 saturated carbocycles. The Kier molecular flexibility index (Phi) is 5.37. The lowest BCUT2D eigenvalue weighted by molar-refractivity contribution is 0.0950. The second-order valence-corrected chi connectivity index (χ2v) is 7.63. The largest absolute Gasteiger partial charge is 0.493 e. The highest BCUT2D eigenvalue weighted by Crippen LogP contribution is 2.24. The summed E-state index contributed by atoms with van der Waals surface area (Å²) in [6.45, 7) is 4.26. The Morgan fingerprint density at radius 1 is 1.30 bits per heavy atom. The fourth-order valence-electron chi connectivity index (χ4n) is 3.17. The molecule has 0 unspecified atom stereocenters. The van der Waals surface area contributed by atoms with E-state index in [-0.39, 0.29) is 5.56 Å². The molecule has 8 nitrogen and oxygen atoms in total. The van der Waals surface area contributed by atoms with Crippen LogP contribution in [0.25, 0.3) is 16.1 Å². The Balaban J connectivity index is 1.44. The van der Waals surface area contributed by atoms with Gasteiger partial charge in [0.25, 0.3) is 5.91 Å². The number of benzene rings is 1. The molecule has 1 amide bonds. The van der Waals surface area contributed by atoms with Crippen molar-refractivity contribution in [1.82, 2.24) is 20.1 Å². The third-order valence-corrected chi connectivity index (χ3v) is 5.45. The number of hydrogen-bond donors (Lipinski definition) is 1. The first kappa shape index (κ1) is 19.8. The minimum absolute atomic E-state index is 0.0441. The van der Waals surface area contributed by atoms with Crippen molar-refractivity contribution in [3.8, 4) is 10.9 Å². The van der Waals surface area contributed by atoms with E-state index in [9.17, 15) is 9.59 Å². The minimum atomic E-state index is -0.704. The summed E-state index contributed by atoms with van der Waals surface area (Å²) < 4.78 is 12.3. The van der Waals surface area contributed by atoms with Crippen molar-refractivity contribution >= 4 is 28.2 Å². The van der Waals surface area contributed by atoms with E-state index in [1.165, 1.54) is 24.5 Å². The molecule has 0 aliphatic heterocycles. The van der Waals surface area contributed by atoms with Crippen molar-refractivity contribution in [3.63, 3.8) is 0 Å². The molecule has 0 aliphatic rings. The normalized spacial score (nSPS) is 11.0. The molecular formula is C21H20N4O4S. The van der Waals surface area contributed by atoms with E-state index in [1.807, 2.05) is 25.3 Å². The highest BCUT2D eigenvalue weighted by Gasteiger charge is 2.15. The number of methoxy groups -OCH3 is 1. The molecule has 30 heavy (non-hydrogen) atoms. The topological polar surface area (TPSA) is 99.2 Å². The summed E-state index contributed by atoms with van der Waals surface area (Å²) in [5.41, 5.74) is 2.37. The summed E-state index contributed by atoms with van der Waals surface area (Å²) >= 11 is 1.49. The van der Waals surface area contributed by atoms with Gasteiger partial charge in [-0.1, -0.05) is 12.1 Å². The number of nitrogens with zero attached hydrogens (tertiary/aromatic N) is 3. The summed E-state index contributed by atoms with van der Waals surface area (Å²) in [5, 5.41) is 10.5. The maximum absolute atomic E-state index is 12.5. The molecule has 1 N–H and O–H groups in total. The van der Waals surface area contributed by atoms with Crippen molar-refractivity contribution in [1.29, 1.82) is 0 Å². The molecule has 3 heterocycles. The van der Waals surface area contributed by atoms with Gasteiger partial charge in [-0.3, -0.25) is 4.79 Å². The van der Waals surface area contributed by atoms with E-state index < -0.39 is 11.5 Å². The number of amides is 1. The number of ether oxygens (including phenoxy) is 1. The van der Waals surface area contributed by atoms with Crippen LogP contribution in [0.3, 0.4) is 0 Å². The zero-order valence-electron chi connectivity index (χ0n) is 16.8. The predicted octanol–water partition coefficient (Wildman–Crippen LogP) is 3.03. The van der Waals surface area contributed by atoms with E-state index in [0.29, 0.717) is 29.7 Å². The first-order valence-electron chi connectivity index (χ1n) is 9.33. The molecule has 0 saturated heterocycles. The number of fused-ring (bicyclic) bond motifs is 1. The Morgan fingerprint density at radius 2 is 2.13 bits per heavy atom. The molecule has 0 atom stereocenters. The van der Waals surface area contributed by atoms with Crippen LogP contribution in [0, 0.1) is 13.8 Å². The first-order valence-corrected chi connectivity index (χ1v) is 10.2. The molecular weight excluding hydrogens is 404 g/mol. The van der Waals surface area contributed by atoms with Gasteiger partial charge in [-0.05, 0) is 32.0 Å². The van der Waals surface area contributed by atoms with Crippen LogP contribution >= 0.6 is 11.3 Å². The van der Waals surface area contributed by atoms with Gasteiger partial charge in [0, 0.05) is 29.4 Å². The molecule has 0 fully saturated rings. The standard InChI is InChI=1S/C21H20N4O4S/c1-12-9-13(2)25(24-12)21-23-15(11-30-21)7-8-22-19(26)16-10-14-5-4-6-17(28-3)18(14)29-20(16)27/h4-6,9-11H,7-8H2,1-3H3,(H,22,26). The number of hydrogen-bond acceptors (Lipinski definition) is 7. The van der Waals surface area contributed by atoms with E-state index in [4.69, 9.17) is 9.15 Å². The number of nitrogens with one attached hydrogen (secondary N) is 1. The molecule has 1 aromatic carbocycles. The molecule has 4 aromatic rings. The second-order valence-electron chi connectivity index (χ2n) is 6.79. The summed E-state index contributed by atoms with van der Waals surface area (Å²) in [7, 11) is 1.49. The number of aryl methyl sites for hydroxylation is 2. The number of carbonyl (C=O) groups excluding carboxylic acids is 1. The van der Waals surface area contributed by atoms with Gasteiger partial charge in [0.1, 0.15) is 5.56 Å². The molecule has 0 radical (unpaired) electrons. The summed E-state index contributed by atoms with van der Waals surface area (Å²) in [5.74, 6) is -0.0408. The third kappa shape index (κ3) is 3.84. The van der Waals surface area contributed by atoms with Gasteiger partial charge < -0.3 is 14.5 Å². The van der Waals surface area contributed by atoms with Gasteiger partial charge in [-0.25, -0.2) is 14.5 Å². The Labute approximate surface area is 176 Å². The van der Waals surface area contributed by atoms with Crippen molar-refractivity contribution in [2.45, 2.75) is 20.3 Å². The van der Waals surface area contributed by atoms with Crippen molar-refractivity contribution in [2.75, 3.05) is 13.7 Å². The summed E-state index contributed by atoms with van der Waals surface area (Å²) in [6, 6.07) is 8.73. The summed E-state index contributed by atoms with van der Waals surface area (Å²) in [4.78, 5) is 29.3. The molecule has 9 heteroatoms. The molecule has 0 aliphatic carbocycles. The average Bonchev–Trinajstić information content (AvgIpc) is 3.32. The highest BCUT2D eigenvalue weighted by atomic mass is 32.1. The number of aromatic nitrogens is 3. The fraction of sp³-hybridized carbons (Fsp3) is 0.238. The zero-order valence-corrected chi connectivity index (χ0v) is 17.6. The molecule has 154 valence electrons. The van der Waals surface area contributed by atoms with E-state index in [0.717, 1.165) is 22.2 Å². The van der Waals surface area contributed by atoms with Gasteiger partial charge in [-0.2, -0.15) is 5.10 Å². The van der Waals surface area contributed by atoms with Crippen LogP contribution in [0.15, 0.2) is 44.9 Å². The van der Waals surface area contributed by atoms with E-state index in [1.54, 1.807) is 22.9 Å². The van der Waals surface area contributed by atoms with Crippen LogP contribution in [0.2, 0.25) is 0 Å². The predicted molar refractivity (Wildman–Crippen MR) is 114 cm³/mol. The van der Waals surface area contributed by atoms with Crippen LogP contribution in [-0.2, 0) is 6.42 Å². The van der Waals surface area contributed by atoms with Crippen LogP contribution < -0.4 is 15.7 Å². The minimum Gasteiger partial charge on any atom is -0.493 e. The fourth-order valence-corrected chi connectivity index (χ4v) is 4.03. The number of carbonyl (C=O) groups is 1. The Bertz CT molecular complexity index is 1290. The Hall–Kier alpha value is -3.46. The molecule has 0 bridgehead atoms. The second kappa shape index (κ2) is 8.11. The summed E-state index contributed by atoms with van der Waals surface area (Å²) in [6.07, 6.45) is 0.536. The van der Waals surface area contributed by atoms with E-state index >= 15 is 0 Å². The number of thiazole rings is 1. The Morgan fingerprint density at radius 3 is 2.87 bits per heavy atom.